The van der Waals surface area contributed by atoms with Crippen LogP contribution in [0.25, 0.3) is 0 Å². The van der Waals surface area contributed by atoms with Crippen molar-refractivity contribution in [3.63, 3.8) is 0 Å². The first-order valence-corrected chi connectivity index (χ1v) is 7.71. The molecule has 1 N–H and O–H groups in total. The molecule has 140 valence electrons. The Kier molecular flexibility index (Phi) is 6.18. The third-order valence-electron chi connectivity index (χ3n) is 3.50. The van der Waals surface area contributed by atoms with Crippen LogP contribution in [0.3, 0.4) is 0 Å². The monoisotopic (exact) mass is 373 g/mol. The number of amides is 1. The number of carbonyl (C=O) groups excluding carboxylic acids is 1. The summed E-state index contributed by atoms with van der Waals surface area (Å²) in [6.07, 6.45) is -4.89. The molecule has 8 heteroatoms. The zero-order valence-corrected chi connectivity index (χ0v) is 13.7. The number of rotatable bonds is 6. The van der Waals surface area contributed by atoms with Crippen molar-refractivity contribution in [3.8, 4) is 5.75 Å². The predicted octanol–water partition coefficient (Wildman–Crippen LogP) is 4.15. The summed E-state index contributed by atoms with van der Waals surface area (Å²) in [5, 5.41) is 2.60. The van der Waals surface area contributed by atoms with E-state index in [1.165, 1.54) is 18.2 Å². The van der Waals surface area contributed by atoms with Crippen LogP contribution in [0.5, 0.6) is 5.75 Å². The van der Waals surface area contributed by atoms with Crippen LogP contribution >= 0.6 is 0 Å². The summed E-state index contributed by atoms with van der Waals surface area (Å²) >= 11 is 0. The number of halogens is 5. The molecule has 0 fully saturated rings. The average Bonchev–Trinajstić information content (AvgIpc) is 2.51. The molecule has 0 spiro atoms. The van der Waals surface area contributed by atoms with Gasteiger partial charge >= 0.3 is 6.36 Å². The van der Waals surface area contributed by atoms with Crippen LogP contribution in [0, 0.1) is 11.6 Å². The van der Waals surface area contributed by atoms with Crippen LogP contribution in [0.1, 0.15) is 18.1 Å². The highest BCUT2D eigenvalue weighted by Crippen LogP contribution is 2.22. The van der Waals surface area contributed by atoms with Gasteiger partial charge in [0.25, 0.3) is 0 Å². The molecule has 0 saturated carbocycles. The molecule has 0 aliphatic heterocycles. The highest BCUT2D eigenvalue weighted by atomic mass is 19.4. The highest BCUT2D eigenvalue weighted by molar-refractivity contribution is 5.78. The predicted molar refractivity (Wildman–Crippen MR) is 84.5 cm³/mol. The van der Waals surface area contributed by atoms with Crippen LogP contribution in [-0.4, -0.2) is 18.3 Å². The van der Waals surface area contributed by atoms with E-state index >= 15 is 0 Å². The lowest BCUT2D eigenvalue weighted by molar-refractivity contribution is -0.274. The minimum absolute atomic E-state index is 0.0252. The van der Waals surface area contributed by atoms with Gasteiger partial charge in [0.05, 0.1) is 6.42 Å². The van der Waals surface area contributed by atoms with E-state index < -0.39 is 29.9 Å². The Hall–Kier alpha value is -2.64. The molecule has 2 rings (SSSR count). The fraction of sp³-hybridized carbons (Fsp3) is 0.278. The maximum absolute atomic E-state index is 13.6. The molecule has 2 aromatic rings. The summed E-state index contributed by atoms with van der Waals surface area (Å²) in [5.74, 6) is -2.18. The average molecular weight is 373 g/mol. The Balaban J connectivity index is 1.90. The van der Waals surface area contributed by atoms with Crippen molar-refractivity contribution in [3.05, 3.63) is 65.2 Å². The van der Waals surface area contributed by atoms with Gasteiger partial charge in [-0.05, 0) is 43.2 Å². The third kappa shape index (κ3) is 6.02. The molecule has 3 nitrogen and oxygen atoms in total. The van der Waals surface area contributed by atoms with Crippen molar-refractivity contribution in [2.24, 2.45) is 0 Å². The second-order valence-electron chi connectivity index (χ2n) is 5.74. The summed E-state index contributed by atoms with van der Waals surface area (Å²) in [6.45, 7) is 1.60. The zero-order valence-electron chi connectivity index (χ0n) is 13.7. The molecule has 0 heterocycles. The van der Waals surface area contributed by atoms with Crippen LogP contribution < -0.4 is 10.1 Å². The van der Waals surface area contributed by atoms with E-state index in [0.29, 0.717) is 5.56 Å². The van der Waals surface area contributed by atoms with Crippen LogP contribution in [0.15, 0.2) is 42.5 Å². The van der Waals surface area contributed by atoms with Crippen LogP contribution in [0.4, 0.5) is 22.0 Å². The number of alkyl halides is 3. The van der Waals surface area contributed by atoms with E-state index in [2.05, 4.69) is 10.1 Å². The molecule has 1 amide bonds. The van der Waals surface area contributed by atoms with Gasteiger partial charge in [0.15, 0.2) is 0 Å². The van der Waals surface area contributed by atoms with E-state index in [9.17, 15) is 26.7 Å². The first-order chi connectivity index (χ1) is 12.1. The molecular weight excluding hydrogens is 357 g/mol. The molecule has 26 heavy (non-hydrogen) atoms. The van der Waals surface area contributed by atoms with Gasteiger partial charge in [-0.2, -0.15) is 0 Å². The van der Waals surface area contributed by atoms with E-state index in [-0.39, 0.29) is 24.2 Å². The van der Waals surface area contributed by atoms with Crippen LogP contribution in [0.2, 0.25) is 0 Å². The van der Waals surface area contributed by atoms with E-state index in [4.69, 9.17) is 0 Å². The van der Waals surface area contributed by atoms with E-state index in [1.807, 2.05) is 0 Å². The molecule has 0 radical (unpaired) electrons. The zero-order chi connectivity index (χ0) is 19.3. The Morgan fingerprint density at radius 3 is 2.19 bits per heavy atom. The van der Waals surface area contributed by atoms with E-state index in [0.717, 1.165) is 24.3 Å². The molecule has 2 aromatic carbocycles. The van der Waals surface area contributed by atoms with Crippen molar-refractivity contribution in [2.45, 2.75) is 32.2 Å². The van der Waals surface area contributed by atoms with Gasteiger partial charge in [-0.1, -0.05) is 18.2 Å². The Morgan fingerprint density at radius 2 is 1.65 bits per heavy atom. The lowest BCUT2D eigenvalue weighted by Crippen LogP contribution is -2.35. The number of benzene rings is 2. The molecule has 1 unspecified atom stereocenters. The topological polar surface area (TPSA) is 38.3 Å². The normalized spacial score (nSPS) is 12.5. The Bertz CT molecular complexity index is 739. The molecule has 1 atom stereocenters. The van der Waals surface area contributed by atoms with Crippen molar-refractivity contribution in [1.82, 2.24) is 5.32 Å². The summed E-state index contributed by atoms with van der Waals surface area (Å²) in [5.41, 5.74) is 0.357. The Labute approximate surface area is 146 Å². The summed E-state index contributed by atoms with van der Waals surface area (Å²) in [7, 11) is 0. The Morgan fingerprint density at radius 1 is 1.08 bits per heavy atom. The summed E-state index contributed by atoms with van der Waals surface area (Å²) < 4.78 is 67.2. The van der Waals surface area contributed by atoms with Gasteiger partial charge in [-0.15, -0.1) is 13.2 Å². The fourth-order valence-electron chi connectivity index (χ4n) is 2.40. The third-order valence-corrected chi connectivity index (χ3v) is 3.50. The molecule has 0 bridgehead atoms. The summed E-state index contributed by atoms with van der Waals surface area (Å²) in [6, 6.07) is 7.88. The van der Waals surface area contributed by atoms with Gasteiger partial charge in [-0.25, -0.2) is 8.78 Å². The van der Waals surface area contributed by atoms with E-state index in [1.54, 1.807) is 6.92 Å². The van der Waals surface area contributed by atoms with Gasteiger partial charge in [0.1, 0.15) is 17.4 Å². The van der Waals surface area contributed by atoms with Crippen molar-refractivity contribution in [1.29, 1.82) is 0 Å². The lowest BCUT2D eigenvalue weighted by Gasteiger charge is -2.15. The largest absolute Gasteiger partial charge is 0.573 e. The standard InChI is InChI=1S/C18H16F5NO2/c1-11(9-14-15(19)3-2-4-16(14)20)24-17(25)10-12-5-7-13(8-6-12)26-18(21,22)23/h2-8,11H,9-10H2,1H3,(H,24,25). The maximum atomic E-state index is 13.6. The van der Waals surface area contributed by atoms with Gasteiger partial charge < -0.3 is 10.1 Å². The van der Waals surface area contributed by atoms with Gasteiger partial charge in [0, 0.05) is 11.6 Å². The number of nitrogens with one attached hydrogen (secondary N) is 1. The molecule has 0 saturated heterocycles. The number of ether oxygens (including phenoxy) is 1. The lowest BCUT2D eigenvalue weighted by atomic mass is 10.1. The number of carbonyl (C=O) groups is 1. The SMILES string of the molecule is CC(Cc1c(F)cccc1F)NC(=O)Cc1ccc(OC(F)(F)F)cc1. The van der Waals surface area contributed by atoms with Crippen molar-refractivity contribution < 1.29 is 31.5 Å². The quantitative estimate of drug-likeness (QED) is 0.773. The second kappa shape index (κ2) is 8.16. The molecule has 0 aromatic heterocycles. The van der Waals surface area contributed by atoms with Crippen molar-refractivity contribution >= 4 is 5.91 Å². The van der Waals surface area contributed by atoms with Crippen LogP contribution in [-0.2, 0) is 17.6 Å². The smallest absolute Gasteiger partial charge is 0.406 e. The summed E-state index contributed by atoms with van der Waals surface area (Å²) in [4.78, 5) is 12.0. The van der Waals surface area contributed by atoms with Crippen molar-refractivity contribution in [2.75, 3.05) is 0 Å². The minimum atomic E-state index is -4.78. The number of hydrogen-bond acceptors (Lipinski definition) is 2. The minimum Gasteiger partial charge on any atom is -0.406 e. The first-order valence-electron chi connectivity index (χ1n) is 7.71. The number of hydrogen-bond donors (Lipinski definition) is 1. The molecule has 0 aliphatic rings. The second-order valence-corrected chi connectivity index (χ2v) is 5.74. The van der Waals surface area contributed by atoms with Gasteiger partial charge in [-0.3, -0.25) is 4.79 Å². The molecular formula is C18H16F5NO2. The first kappa shape index (κ1) is 19.7. The van der Waals surface area contributed by atoms with Gasteiger partial charge in [0.2, 0.25) is 5.91 Å². The fourth-order valence-corrected chi connectivity index (χ4v) is 2.40. The maximum Gasteiger partial charge on any atom is 0.573 e. The highest BCUT2D eigenvalue weighted by Gasteiger charge is 2.30. The molecule has 0 aliphatic carbocycles.